The quantitative estimate of drug-likeness (QED) is 0.577. The summed E-state index contributed by atoms with van der Waals surface area (Å²) in [5, 5.41) is 0. The van der Waals surface area contributed by atoms with Gasteiger partial charge in [0.05, 0.1) is 6.61 Å². The summed E-state index contributed by atoms with van der Waals surface area (Å²) >= 11 is 4.16. The van der Waals surface area contributed by atoms with Crippen LogP contribution >= 0.6 is 12.6 Å². The van der Waals surface area contributed by atoms with Gasteiger partial charge >= 0.3 is 0 Å². The molecular formula is C6H14OS. The summed E-state index contributed by atoms with van der Waals surface area (Å²) < 4.78 is 4.95. The minimum absolute atomic E-state index is 0.234. The normalized spacial score (nSPS) is 12.0. The van der Waals surface area contributed by atoms with Crippen molar-refractivity contribution in [3.8, 4) is 0 Å². The number of methoxy groups -OCH3 is 1. The molecule has 0 saturated carbocycles. The first-order valence-corrected chi connectivity index (χ1v) is 3.35. The summed E-state index contributed by atoms with van der Waals surface area (Å²) in [6.45, 7) is 5.05. The van der Waals surface area contributed by atoms with E-state index < -0.39 is 0 Å². The standard InChI is InChI=1S/C6H14OS/c1-6(2,5-8)4-7-3/h8H,4-5H2,1-3H3. The Morgan fingerprint density at radius 2 is 2.00 bits per heavy atom. The van der Waals surface area contributed by atoms with Crippen molar-refractivity contribution in [2.24, 2.45) is 5.41 Å². The Kier molecular flexibility index (Phi) is 3.49. The Morgan fingerprint density at radius 1 is 1.50 bits per heavy atom. The molecule has 0 bridgehead atoms. The van der Waals surface area contributed by atoms with Gasteiger partial charge in [0.2, 0.25) is 0 Å². The molecule has 0 saturated heterocycles. The topological polar surface area (TPSA) is 9.23 Å². The highest BCUT2D eigenvalue weighted by atomic mass is 32.1. The first-order valence-electron chi connectivity index (χ1n) is 2.72. The fourth-order valence-corrected chi connectivity index (χ4v) is 0.528. The van der Waals surface area contributed by atoms with E-state index in [0.29, 0.717) is 0 Å². The average Bonchev–Trinajstić information content (AvgIpc) is 1.67. The van der Waals surface area contributed by atoms with Gasteiger partial charge in [0, 0.05) is 7.11 Å². The van der Waals surface area contributed by atoms with Gasteiger partial charge in [-0.3, -0.25) is 0 Å². The third kappa shape index (κ3) is 3.33. The molecule has 0 aromatic rings. The molecule has 8 heavy (non-hydrogen) atoms. The lowest BCUT2D eigenvalue weighted by molar-refractivity contribution is 0.119. The van der Waals surface area contributed by atoms with Gasteiger partial charge in [0.15, 0.2) is 0 Å². The number of hydrogen-bond donors (Lipinski definition) is 1. The zero-order chi connectivity index (χ0) is 6.62. The van der Waals surface area contributed by atoms with Gasteiger partial charge in [-0.05, 0) is 11.2 Å². The van der Waals surface area contributed by atoms with Crippen LogP contribution in [0.5, 0.6) is 0 Å². The number of rotatable bonds is 3. The van der Waals surface area contributed by atoms with Crippen LogP contribution in [0.1, 0.15) is 13.8 Å². The van der Waals surface area contributed by atoms with E-state index in [1.165, 1.54) is 0 Å². The predicted molar refractivity (Wildman–Crippen MR) is 39.5 cm³/mol. The molecule has 2 heteroatoms. The van der Waals surface area contributed by atoms with Crippen molar-refractivity contribution in [1.29, 1.82) is 0 Å². The fourth-order valence-electron chi connectivity index (χ4n) is 0.436. The minimum atomic E-state index is 0.234. The monoisotopic (exact) mass is 134 g/mol. The third-order valence-corrected chi connectivity index (χ3v) is 1.82. The maximum absolute atomic E-state index is 4.95. The Labute approximate surface area is 56.8 Å². The lowest BCUT2D eigenvalue weighted by Crippen LogP contribution is -2.19. The first-order chi connectivity index (χ1) is 3.62. The van der Waals surface area contributed by atoms with Crippen LogP contribution in [0.2, 0.25) is 0 Å². The van der Waals surface area contributed by atoms with Crippen LogP contribution in [0.15, 0.2) is 0 Å². The molecule has 0 aliphatic heterocycles. The molecule has 0 unspecified atom stereocenters. The maximum atomic E-state index is 4.95. The molecule has 0 spiro atoms. The zero-order valence-corrected chi connectivity index (χ0v) is 6.66. The fraction of sp³-hybridized carbons (Fsp3) is 1.00. The van der Waals surface area contributed by atoms with Crippen molar-refractivity contribution in [2.45, 2.75) is 13.8 Å². The lowest BCUT2D eigenvalue weighted by Gasteiger charge is -2.19. The Hall–Kier alpha value is 0.310. The van der Waals surface area contributed by atoms with Crippen LogP contribution < -0.4 is 0 Å². The Morgan fingerprint density at radius 3 is 2.12 bits per heavy atom. The highest BCUT2D eigenvalue weighted by Gasteiger charge is 2.13. The highest BCUT2D eigenvalue weighted by Crippen LogP contribution is 2.15. The molecule has 0 fully saturated rings. The van der Waals surface area contributed by atoms with Gasteiger partial charge in [-0.2, -0.15) is 12.6 Å². The Balaban J connectivity index is 3.37. The second-order valence-electron chi connectivity index (χ2n) is 2.76. The number of thiol groups is 1. The van der Waals surface area contributed by atoms with Crippen molar-refractivity contribution in [3.63, 3.8) is 0 Å². The summed E-state index contributed by atoms with van der Waals surface area (Å²) in [5.74, 6) is 0.876. The van der Waals surface area contributed by atoms with Crippen LogP contribution in [-0.4, -0.2) is 19.5 Å². The first kappa shape index (κ1) is 8.31. The number of ether oxygens (including phenoxy) is 1. The average molecular weight is 134 g/mol. The molecule has 1 nitrogen and oxygen atoms in total. The van der Waals surface area contributed by atoms with E-state index in [1.807, 2.05) is 0 Å². The van der Waals surface area contributed by atoms with Crippen LogP contribution in [0.4, 0.5) is 0 Å². The smallest absolute Gasteiger partial charge is 0.0521 e. The molecule has 0 N–H and O–H groups in total. The zero-order valence-electron chi connectivity index (χ0n) is 5.77. The summed E-state index contributed by atoms with van der Waals surface area (Å²) in [4.78, 5) is 0. The molecule has 50 valence electrons. The molecule has 0 aromatic carbocycles. The predicted octanol–water partition coefficient (Wildman–Crippen LogP) is 1.59. The molecule has 0 amide bonds. The number of hydrogen-bond acceptors (Lipinski definition) is 2. The van der Waals surface area contributed by atoms with Crippen LogP contribution in [0, 0.1) is 5.41 Å². The van der Waals surface area contributed by atoms with Crippen molar-refractivity contribution in [1.82, 2.24) is 0 Å². The minimum Gasteiger partial charge on any atom is -0.384 e. The van der Waals surface area contributed by atoms with E-state index in [-0.39, 0.29) is 5.41 Å². The largest absolute Gasteiger partial charge is 0.384 e. The molecule has 0 rings (SSSR count). The van der Waals surface area contributed by atoms with Crippen LogP contribution in [-0.2, 0) is 4.74 Å². The van der Waals surface area contributed by atoms with Gasteiger partial charge in [-0.1, -0.05) is 13.8 Å². The second kappa shape index (κ2) is 3.36. The van der Waals surface area contributed by atoms with Gasteiger partial charge < -0.3 is 4.74 Å². The van der Waals surface area contributed by atoms with E-state index in [1.54, 1.807) is 7.11 Å². The maximum Gasteiger partial charge on any atom is 0.0521 e. The highest BCUT2D eigenvalue weighted by molar-refractivity contribution is 7.80. The van der Waals surface area contributed by atoms with Crippen molar-refractivity contribution in [3.05, 3.63) is 0 Å². The van der Waals surface area contributed by atoms with Crippen molar-refractivity contribution in [2.75, 3.05) is 19.5 Å². The summed E-state index contributed by atoms with van der Waals surface area (Å²) in [6.07, 6.45) is 0. The SMILES string of the molecule is COCC(C)(C)CS. The van der Waals surface area contributed by atoms with Gasteiger partial charge in [0.1, 0.15) is 0 Å². The summed E-state index contributed by atoms with van der Waals surface area (Å²) in [6, 6.07) is 0. The Bertz CT molecular complexity index is 61.5. The molecule has 0 aromatic heterocycles. The third-order valence-electron chi connectivity index (χ3n) is 0.963. The second-order valence-corrected chi connectivity index (χ2v) is 3.07. The van der Waals surface area contributed by atoms with Crippen molar-refractivity contribution < 1.29 is 4.74 Å². The lowest BCUT2D eigenvalue weighted by atomic mass is 9.98. The van der Waals surface area contributed by atoms with Gasteiger partial charge in [-0.15, -0.1) is 0 Å². The van der Waals surface area contributed by atoms with E-state index in [4.69, 9.17) is 4.74 Å². The molecule has 0 aliphatic carbocycles. The molecule has 0 heterocycles. The van der Waals surface area contributed by atoms with Gasteiger partial charge in [0.25, 0.3) is 0 Å². The summed E-state index contributed by atoms with van der Waals surface area (Å²) in [5.41, 5.74) is 0.234. The van der Waals surface area contributed by atoms with E-state index in [9.17, 15) is 0 Å². The summed E-state index contributed by atoms with van der Waals surface area (Å²) in [7, 11) is 1.71. The van der Waals surface area contributed by atoms with Crippen molar-refractivity contribution >= 4 is 12.6 Å². The molecule has 0 radical (unpaired) electrons. The van der Waals surface area contributed by atoms with Crippen LogP contribution in [0.3, 0.4) is 0 Å². The van der Waals surface area contributed by atoms with E-state index in [0.717, 1.165) is 12.4 Å². The molecular weight excluding hydrogens is 120 g/mol. The molecule has 0 atom stereocenters. The van der Waals surface area contributed by atoms with E-state index in [2.05, 4.69) is 26.5 Å². The van der Waals surface area contributed by atoms with E-state index >= 15 is 0 Å². The molecule has 0 aliphatic rings. The van der Waals surface area contributed by atoms with Gasteiger partial charge in [-0.25, -0.2) is 0 Å². The van der Waals surface area contributed by atoms with Crippen LogP contribution in [0.25, 0.3) is 0 Å².